The zero-order chi connectivity index (χ0) is 27.4. The number of aryl methyl sites for hydroxylation is 3. The van der Waals surface area contributed by atoms with Crippen LogP contribution in [-0.4, -0.2) is 16.8 Å². The predicted molar refractivity (Wildman–Crippen MR) is 158 cm³/mol. The molecule has 0 spiro atoms. The maximum Gasteiger partial charge on any atom is 0.255 e. The molecule has 0 aliphatic rings. The maximum absolute atomic E-state index is 13.0. The van der Waals surface area contributed by atoms with Crippen molar-refractivity contribution in [3.8, 4) is 5.75 Å². The van der Waals surface area contributed by atoms with E-state index in [-0.39, 0.29) is 18.2 Å². The van der Waals surface area contributed by atoms with Gasteiger partial charge in [0.05, 0.1) is 16.6 Å². The van der Waals surface area contributed by atoms with Crippen LogP contribution in [0.4, 0.5) is 10.8 Å². The van der Waals surface area contributed by atoms with Crippen molar-refractivity contribution in [3.05, 3.63) is 118 Å². The third-order valence-electron chi connectivity index (χ3n) is 6.37. The fraction of sp³-hybridized carbons (Fsp3) is 0.156. The number of carbonyl (C=O) groups excluding carboxylic acids is 2. The standard InChI is InChI=1S/C32H29N3O3S/c1-20-15-21(2)30(22(3)16-20)35-31(37)25-13-14-26-28(17-25)39-32(33-26)34-29(36)18-24-11-7-8-12-27(24)38-19-23-9-5-4-6-10-23/h4-17H,18-19H2,1-3H3,(H,35,37)(H,33,34,36). The number of thiazole rings is 1. The average molecular weight is 536 g/mol. The summed E-state index contributed by atoms with van der Waals surface area (Å²) >= 11 is 1.34. The monoisotopic (exact) mass is 535 g/mol. The molecule has 2 N–H and O–H groups in total. The molecule has 0 atom stereocenters. The average Bonchev–Trinajstić information content (AvgIpc) is 3.32. The number of fused-ring (bicyclic) bond motifs is 1. The van der Waals surface area contributed by atoms with Gasteiger partial charge in [-0.25, -0.2) is 4.98 Å². The lowest BCUT2D eigenvalue weighted by molar-refractivity contribution is -0.115. The highest BCUT2D eigenvalue weighted by Gasteiger charge is 2.15. The van der Waals surface area contributed by atoms with Crippen LogP contribution in [0.2, 0.25) is 0 Å². The second-order valence-electron chi connectivity index (χ2n) is 9.54. The zero-order valence-corrected chi connectivity index (χ0v) is 22.9. The quantitative estimate of drug-likeness (QED) is 0.220. The minimum atomic E-state index is -0.187. The van der Waals surface area contributed by atoms with E-state index < -0.39 is 0 Å². The van der Waals surface area contributed by atoms with Crippen LogP contribution in [0.5, 0.6) is 5.75 Å². The molecule has 2 amide bonds. The summed E-state index contributed by atoms with van der Waals surface area (Å²) in [6.45, 7) is 6.45. The SMILES string of the molecule is Cc1cc(C)c(NC(=O)c2ccc3nc(NC(=O)Cc4ccccc4OCc4ccccc4)sc3c2)c(C)c1. The van der Waals surface area contributed by atoms with Crippen LogP contribution in [0.15, 0.2) is 84.9 Å². The molecule has 5 rings (SSSR count). The Balaban J connectivity index is 1.25. The molecule has 1 heterocycles. The van der Waals surface area contributed by atoms with Crippen LogP contribution >= 0.6 is 11.3 Å². The number of hydrogen-bond donors (Lipinski definition) is 2. The van der Waals surface area contributed by atoms with Gasteiger partial charge in [0.25, 0.3) is 5.91 Å². The number of anilines is 2. The minimum absolute atomic E-state index is 0.157. The van der Waals surface area contributed by atoms with E-state index in [0.29, 0.717) is 23.1 Å². The highest BCUT2D eigenvalue weighted by Crippen LogP contribution is 2.29. The molecule has 0 bridgehead atoms. The van der Waals surface area contributed by atoms with E-state index in [1.807, 2.05) is 81.4 Å². The van der Waals surface area contributed by atoms with Crippen molar-refractivity contribution >= 4 is 44.2 Å². The van der Waals surface area contributed by atoms with Crippen LogP contribution in [0.3, 0.4) is 0 Å². The van der Waals surface area contributed by atoms with Crippen molar-refractivity contribution in [2.45, 2.75) is 33.8 Å². The Morgan fingerprint density at radius 2 is 1.56 bits per heavy atom. The molecule has 0 aliphatic carbocycles. The number of ether oxygens (including phenoxy) is 1. The van der Waals surface area contributed by atoms with Crippen molar-refractivity contribution in [1.29, 1.82) is 0 Å². The van der Waals surface area contributed by atoms with Gasteiger partial charge in [-0.1, -0.05) is 77.6 Å². The first-order chi connectivity index (χ1) is 18.9. The molecule has 7 heteroatoms. The number of para-hydroxylation sites is 1. The maximum atomic E-state index is 13.0. The van der Waals surface area contributed by atoms with Crippen LogP contribution < -0.4 is 15.4 Å². The summed E-state index contributed by atoms with van der Waals surface area (Å²) in [4.78, 5) is 30.4. The molecule has 0 fully saturated rings. The minimum Gasteiger partial charge on any atom is -0.489 e. The van der Waals surface area contributed by atoms with Crippen molar-refractivity contribution in [3.63, 3.8) is 0 Å². The molecule has 39 heavy (non-hydrogen) atoms. The second kappa shape index (κ2) is 11.5. The van der Waals surface area contributed by atoms with Gasteiger partial charge in [0, 0.05) is 16.8 Å². The predicted octanol–water partition coefficient (Wildman–Crippen LogP) is 7.23. The Morgan fingerprint density at radius 3 is 2.33 bits per heavy atom. The first kappa shape index (κ1) is 26.1. The topological polar surface area (TPSA) is 80.3 Å². The molecule has 0 aliphatic heterocycles. The Kier molecular flexibility index (Phi) is 7.70. The van der Waals surface area contributed by atoms with Crippen LogP contribution in [-0.2, 0) is 17.8 Å². The molecule has 4 aromatic carbocycles. The lowest BCUT2D eigenvalue weighted by atomic mass is 10.0. The zero-order valence-electron chi connectivity index (χ0n) is 22.1. The Labute approximate surface area is 231 Å². The van der Waals surface area contributed by atoms with Gasteiger partial charge in [-0.05, 0) is 61.7 Å². The number of hydrogen-bond acceptors (Lipinski definition) is 5. The van der Waals surface area contributed by atoms with E-state index in [4.69, 9.17) is 4.74 Å². The van der Waals surface area contributed by atoms with Crippen molar-refractivity contribution in [1.82, 2.24) is 4.98 Å². The van der Waals surface area contributed by atoms with Gasteiger partial charge in [0.15, 0.2) is 5.13 Å². The number of amides is 2. The normalized spacial score (nSPS) is 10.8. The number of aromatic nitrogens is 1. The lowest BCUT2D eigenvalue weighted by Crippen LogP contribution is -2.15. The summed E-state index contributed by atoms with van der Waals surface area (Å²) in [6.07, 6.45) is 0.157. The second-order valence-corrected chi connectivity index (χ2v) is 10.6. The molecule has 6 nitrogen and oxygen atoms in total. The van der Waals surface area contributed by atoms with E-state index in [9.17, 15) is 9.59 Å². The van der Waals surface area contributed by atoms with Crippen LogP contribution in [0.1, 0.15) is 38.2 Å². The highest BCUT2D eigenvalue weighted by molar-refractivity contribution is 7.22. The molecule has 1 aromatic heterocycles. The van der Waals surface area contributed by atoms with E-state index in [1.54, 1.807) is 12.1 Å². The molecule has 0 saturated heterocycles. The number of carbonyl (C=O) groups is 2. The summed E-state index contributed by atoms with van der Waals surface area (Å²) in [7, 11) is 0. The van der Waals surface area contributed by atoms with Gasteiger partial charge in [0.1, 0.15) is 12.4 Å². The molecule has 0 radical (unpaired) electrons. The van der Waals surface area contributed by atoms with Crippen molar-refractivity contribution in [2.75, 3.05) is 10.6 Å². The van der Waals surface area contributed by atoms with Crippen LogP contribution in [0, 0.1) is 20.8 Å². The van der Waals surface area contributed by atoms with E-state index >= 15 is 0 Å². The Bertz CT molecular complexity index is 1640. The van der Waals surface area contributed by atoms with E-state index in [1.165, 1.54) is 11.3 Å². The molecule has 196 valence electrons. The van der Waals surface area contributed by atoms with Crippen molar-refractivity contribution in [2.24, 2.45) is 0 Å². The van der Waals surface area contributed by atoms with Gasteiger partial charge >= 0.3 is 0 Å². The van der Waals surface area contributed by atoms with E-state index in [2.05, 4.69) is 27.8 Å². The number of rotatable bonds is 8. The lowest BCUT2D eigenvalue weighted by Gasteiger charge is -2.12. The van der Waals surface area contributed by atoms with Gasteiger partial charge in [-0.15, -0.1) is 0 Å². The van der Waals surface area contributed by atoms with Gasteiger partial charge in [-0.3, -0.25) is 9.59 Å². The summed E-state index contributed by atoms with van der Waals surface area (Å²) < 4.78 is 6.81. The highest BCUT2D eigenvalue weighted by atomic mass is 32.1. The Hall–Kier alpha value is -4.49. The first-order valence-corrected chi connectivity index (χ1v) is 13.5. The first-order valence-electron chi connectivity index (χ1n) is 12.7. The number of benzene rings is 4. The molecule has 5 aromatic rings. The molecule has 0 saturated carbocycles. The largest absolute Gasteiger partial charge is 0.489 e. The molecule has 0 unspecified atom stereocenters. The number of nitrogens with zero attached hydrogens (tertiary/aromatic N) is 1. The summed E-state index contributed by atoms with van der Waals surface area (Å²) in [5.74, 6) is 0.307. The third-order valence-corrected chi connectivity index (χ3v) is 7.31. The fourth-order valence-corrected chi connectivity index (χ4v) is 5.47. The smallest absolute Gasteiger partial charge is 0.255 e. The van der Waals surface area contributed by atoms with Crippen LogP contribution in [0.25, 0.3) is 10.2 Å². The fourth-order valence-electron chi connectivity index (χ4n) is 4.54. The molecular weight excluding hydrogens is 506 g/mol. The van der Waals surface area contributed by atoms with E-state index in [0.717, 1.165) is 43.7 Å². The number of nitrogens with one attached hydrogen (secondary N) is 2. The van der Waals surface area contributed by atoms with Gasteiger partial charge in [0.2, 0.25) is 5.91 Å². The Morgan fingerprint density at radius 1 is 0.846 bits per heavy atom. The van der Waals surface area contributed by atoms with Gasteiger partial charge < -0.3 is 15.4 Å². The van der Waals surface area contributed by atoms with Crippen molar-refractivity contribution < 1.29 is 14.3 Å². The third kappa shape index (κ3) is 6.33. The molecular formula is C32H29N3O3S. The van der Waals surface area contributed by atoms with Gasteiger partial charge in [-0.2, -0.15) is 0 Å². The summed E-state index contributed by atoms with van der Waals surface area (Å²) in [6, 6.07) is 26.9. The summed E-state index contributed by atoms with van der Waals surface area (Å²) in [5, 5.41) is 6.43. The summed E-state index contributed by atoms with van der Waals surface area (Å²) in [5.41, 5.74) is 7.15.